The molecule has 1 heterocycles. The monoisotopic (exact) mass is 242 g/mol. The van der Waals surface area contributed by atoms with E-state index in [-0.39, 0.29) is 0 Å². The van der Waals surface area contributed by atoms with Crippen molar-refractivity contribution in [2.75, 3.05) is 5.73 Å². The van der Waals surface area contributed by atoms with Gasteiger partial charge in [-0.2, -0.15) is 0 Å². The van der Waals surface area contributed by atoms with Gasteiger partial charge in [0.1, 0.15) is 0 Å². The molecule has 0 aliphatic heterocycles. The summed E-state index contributed by atoms with van der Waals surface area (Å²) in [5, 5.41) is 8.71. The van der Waals surface area contributed by atoms with Crippen LogP contribution in [0.25, 0.3) is 0 Å². The van der Waals surface area contributed by atoms with E-state index in [1.165, 1.54) is 0 Å². The quantitative estimate of drug-likeness (QED) is 0.879. The molecule has 6 heteroatoms. The molecule has 0 aliphatic carbocycles. The standard InChI is InChI=1S/C9H8Cl2N4/c10-7-2-1-3-8(11)6(7)4-15-5-9(12)13-14-15/h1-3,5H,4,12H2. The van der Waals surface area contributed by atoms with Crippen LogP contribution in [0.2, 0.25) is 10.0 Å². The smallest absolute Gasteiger partial charge is 0.165 e. The van der Waals surface area contributed by atoms with E-state index in [4.69, 9.17) is 28.9 Å². The van der Waals surface area contributed by atoms with Gasteiger partial charge in [0.15, 0.2) is 5.82 Å². The van der Waals surface area contributed by atoms with Gasteiger partial charge < -0.3 is 5.73 Å². The Balaban J connectivity index is 2.31. The van der Waals surface area contributed by atoms with Gasteiger partial charge in [0.05, 0.1) is 12.7 Å². The molecule has 1 aromatic carbocycles. The number of hydrogen-bond acceptors (Lipinski definition) is 3. The molecule has 2 N–H and O–H groups in total. The summed E-state index contributed by atoms with van der Waals surface area (Å²) in [6, 6.07) is 5.36. The summed E-state index contributed by atoms with van der Waals surface area (Å²) in [5.41, 5.74) is 6.26. The number of nitrogen functional groups attached to an aromatic ring is 1. The Kier molecular flexibility index (Phi) is 2.79. The third-order valence-electron chi connectivity index (χ3n) is 1.94. The average molecular weight is 243 g/mol. The van der Waals surface area contributed by atoms with E-state index in [0.717, 1.165) is 5.56 Å². The highest BCUT2D eigenvalue weighted by Gasteiger charge is 2.06. The maximum absolute atomic E-state index is 6.01. The van der Waals surface area contributed by atoms with Gasteiger partial charge in [-0.1, -0.05) is 34.5 Å². The molecule has 0 spiro atoms. The minimum atomic E-state index is 0.373. The Labute approximate surface area is 96.6 Å². The molecule has 0 saturated heterocycles. The topological polar surface area (TPSA) is 56.7 Å². The van der Waals surface area contributed by atoms with E-state index in [9.17, 15) is 0 Å². The molecule has 0 saturated carbocycles. The molecule has 2 rings (SSSR count). The molecular formula is C9H8Cl2N4. The van der Waals surface area contributed by atoms with Crippen molar-refractivity contribution in [3.8, 4) is 0 Å². The molecule has 1 aromatic heterocycles. The third-order valence-corrected chi connectivity index (χ3v) is 2.65. The zero-order chi connectivity index (χ0) is 10.8. The van der Waals surface area contributed by atoms with Gasteiger partial charge in [0.25, 0.3) is 0 Å². The molecule has 0 atom stereocenters. The predicted octanol–water partition coefficient (Wildman–Crippen LogP) is 2.22. The Morgan fingerprint density at radius 3 is 2.47 bits per heavy atom. The Bertz CT molecular complexity index is 460. The first kappa shape index (κ1) is 10.3. The molecule has 4 nitrogen and oxygen atoms in total. The van der Waals surface area contributed by atoms with Crippen molar-refractivity contribution in [1.29, 1.82) is 0 Å². The van der Waals surface area contributed by atoms with Crippen LogP contribution in [-0.2, 0) is 6.54 Å². The highest BCUT2D eigenvalue weighted by atomic mass is 35.5. The summed E-state index contributed by atoms with van der Waals surface area (Å²) in [6.45, 7) is 0.461. The molecule has 0 bridgehead atoms. The molecule has 78 valence electrons. The summed E-state index contributed by atoms with van der Waals surface area (Å²) < 4.78 is 1.59. The van der Waals surface area contributed by atoms with Gasteiger partial charge in [-0.3, -0.25) is 0 Å². The lowest BCUT2D eigenvalue weighted by molar-refractivity contribution is 0.650. The zero-order valence-corrected chi connectivity index (χ0v) is 9.20. The van der Waals surface area contributed by atoms with Crippen LogP contribution in [0.3, 0.4) is 0 Å². The van der Waals surface area contributed by atoms with Crippen LogP contribution >= 0.6 is 23.2 Å². The fourth-order valence-corrected chi connectivity index (χ4v) is 1.75. The Morgan fingerprint density at radius 1 is 1.27 bits per heavy atom. The van der Waals surface area contributed by atoms with Crippen molar-refractivity contribution in [2.24, 2.45) is 0 Å². The van der Waals surface area contributed by atoms with Crippen LogP contribution < -0.4 is 5.73 Å². The van der Waals surface area contributed by atoms with Gasteiger partial charge in [0, 0.05) is 15.6 Å². The second-order valence-corrected chi connectivity index (χ2v) is 3.86. The molecule has 2 aromatic rings. The fraction of sp³-hybridized carbons (Fsp3) is 0.111. The Morgan fingerprint density at radius 2 is 1.93 bits per heavy atom. The lowest BCUT2D eigenvalue weighted by atomic mass is 10.2. The molecular weight excluding hydrogens is 235 g/mol. The number of benzene rings is 1. The highest BCUT2D eigenvalue weighted by Crippen LogP contribution is 2.24. The summed E-state index contributed by atoms with van der Waals surface area (Å²) in [5.74, 6) is 0.373. The van der Waals surface area contributed by atoms with Crippen molar-refractivity contribution < 1.29 is 0 Å². The molecule has 0 unspecified atom stereocenters. The maximum atomic E-state index is 6.01. The predicted molar refractivity (Wildman–Crippen MR) is 60.0 cm³/mol. The van der Waals surface area contributed by atoms with Gasteiger partial charge in [-0.25, -0.2) is 4.68 Å². The normalized spacial score (nSPS) is 10.5. The van der Waals surface area contributed by atoms with E-state index >= 15 is 0 Å². The average Bonchev–Trinajstić information content (AvgIpc) is 2.58. The number of aromatic nitrogens is 3. The third kappa shape index (κ3) is 2.22. The highest BCUT2D eigenvalue weighted by molar-refractivity contribution is 6.35. The number of hydrogen-bond donors (Lipinski definition) is 1. The molecule has 15 heavy (non-hydrogen) atoms. The zero-order valence-electron chi connectivity index (χ0n) is 7.69. The van der Waals surface area contributed by atoms with Crippen molar-refractivity contribution in [3.63, 3.8) is 0 Å². The SMILES string of the molecule is Nc1cn(Cc2c(Cl)cccc2Cl)nn1. The summed E-state index contributed by atoms with van der Waals surface area (Å²) in [6.07, 6.45) is 1.62. The van der Waals surface area contributed by atoms with Crippen molar-refractivity contribution >= 4 is 29.0 Å². The summed E-state index contributed by atoms with van der Waals surface area (Å²) in [7, 11) is 0. The van der Waals surface area contributed by atoms with Crippen molar-refractivity contribution in [1.82, 2.24) is 15.0 Å². The summed E-state index contributed by atoms with van der Waals surface area (Å²) in [4.78, 5) is 0. The van der Waals surface area contributed by atoms with Crippen LogP contribution in [0, 0.1) is 0 Å². The first-order valence-corrected chi connectivity index (χ1v) is 5.01. The van der Waals surface area contributed by atoms with Gasteiger partial charge in [-0.05, 0) is 12.1 Å². The molecule has 0 radical (unpaired) electrons. The van der Waals surface area contributed by atoms with Crippen molar-refractivity contribution in [2.45, 2.75) is 6.54 Å². The van der Waals surface area contributed by atoms with Crippen LogP contribution in [0.5, 0.6) is 0 Å². The minimum Gasteiger partial charge on any atom is -0.381 e. The number of rotatable bonds is 2. The van der Waals surface area contributed by atoms with E-state index in [0.29, 0.717) is 22.4 Å². The largest absolute Gasteiger partial charge is 0.381 e. The number of nitrogens with zero attached hydrogens (tertiary/aromatic N) is 3. The van der Waals surface area contributed by atoms with Crippen molar-refractivity contribution in [3.05, 3.63) is 40.0 Å². The lowest BCUT2D eigenvalue weighted by Gasteiger charge is -2.05. The van der Waals surface area contributed by atoms with Crippen LogP contribution in [-0.4, -0.2) is 15.0 Å². The second kappa shape index (κ2) is 4.08. The molecule has 0 amide bonds. The van der Waals surface area contributed by atoms with Crippen LogP contribution in [0.15, 0.2) is 24.4 Å². The lowest BCUT2D eigenvalue weighted by Crippen LogP contribution is -2.01. The summed E-state index contributed by atoms with van der Waals surface area (Å²) >= 11 is 12.0. The Hall–Kier alpha value is -1.26. The van der Waals surface area contributed by atoms with E-state index in [2.05, 4.69) is 10.3 Å². The fourth-order valence-electron chi connectivity index (χ4n) is 1.24. The first-order chi connectivity index (χ1) is 7.16. The number of nitrogens with two attached hydrogens (primary N) is 1. The van der Waals surface area contributed by atoms with E-state index < -0.39 is 0 Å². The van der Waals surface area contributed by atoms with Gasteiger partial charge in [-0.15, -0.1) is 5.10 Å². The van der Waals surface area contributed by atoms with Crippen LogP contribution in [0.4, 0.5) is 5.82 Å². The van der Waals surface area contributed by atoms with Crippen LogP contribution in [0.1, 0.15) is 5.56 Å². The number of halogens is 2. The van der Waals surface area contributed by atoms with E-state index in [1.54, 1.807) is 29.1 Å². The first-order valence-electron chi connectivity index (χ1n) is 4.25. The molecule has 0 fully saturated rings. The van der Waals surface area contributed by atoms with Gasteiger partial charge in [0.2, 0.25) is 0 Å². The second-order valence-electron chi connectivity index (χ2n) is 3.04. The van der Waals surface area contributed by atoms with Gasteiger partial charge >= 0.3 is 0 Å². The van der Waals surface area contributed by atoms with E-state index in [1.807, 2.05) is 0 Å². The maximum Gasteiger partial charge on any atom is 0.165 e. The number of anilines is 1. The molecule has 0 aliphatic rings. The minimum absolute atomic E-state index is 0.373.